The number of hydrogen-bond donors (Lipinski definition) is 2. The molecular weight excluding hydrogens is 198 g/mol. The van der Waals surface area contributed by atoms with Crippen molar-refractivity contribution in [2.75, 3.05) is 18.5 Å². The molecule has 1 saturated carbocycles. The van der Waals surface area contributed by atoms with E-state index in [1.807, 2.05) is 24.3 Å². The Morgan fingerprint density at radius 3 is 2.44 bits per heavy atom. The van der Waals surface area contributed by atoms with Crippen molar-refractivity contribution in [2.24, 2.45) is 17.6 Å². The fourth-order valence-corrected chi connectivity index (χ4v) is 2.01. The van der Waals surface area contributed by atoms with Crippen LogP contribution in [0.3, 0.4) is 0 Å². The normalized spacial score (nSPS) is 22.9. The van der Waals surface area contributed by atoms with Gasteiger partial charge in [-0.05, 0) is 42.5 Å². The van der Waals surface area contributed by atoms with Gasteiger partial charge in [-0.2, -0.15) is 0 Å². The van der Waals surface area contributed by atoms with Crippen molar-refractivity contribution < 1.29 is 0 Å². The van der Waals surface area contributed by atoms with Crippen LogP contribution >= 0.6 is 0 Å². The molecular formula is C13H19N3. The third-order valence-electron chi connectivity index (χ3n) is 3.40. The van der Waals surface area contributed by atoms with E-state index in [0.717, 1.165) is 23.9 Å². The zero-order valence-corrected chi connectivity index (χ0v) is 9.90. The summed E-state index contributed by atoms with van der Waals surface area (Å²) >= 11 is 0. The lowest BCUT2D eigenvalue weighted by molar-refractivity contribution is 0.725. The van der Waals surface area contributed by atoms with Gasteiger partial charge >= 0.3 is 0 Å². The first-order chi connectivity index (χ1) is 7.58. The highest BCUT2D eigenvalue weighted by atomic mass is 15.1. The van der Waals surface area contributed by atoms with Crippen molar-refractivity contribution >= 4 is 11.5 Å². The highest BCUT2D eigenvalue weighted by Crippen LogP contribution is 2.38. The number of anilines is 1. The molecule has 0 amide bonds. The van der Waals surface area contributed by atoms with E-state index < -0.39 is 0 Å². The van der Waals surface area contributed by atoms with E-state index in [1.165, 1.54) is 12.1 Å². The average molecular weight is 217 g/mol. The van der Waals surface area contributed by atoms with Crippen molar-refractivity contribution in [3.05, 3.63) is 29.8 Å². The molecule has 0 spiro atoms. The second-order valence-electron chi connectivity index (χ2n) is 4.81. The molecule has 1 fully saturated rings. The first kappa shape index (κ1) is 11.0. The lowest BCUT2D eigenvalue weighted by Gasteiger charge is -2.19. The number of benzene rings is 1. The summed E-state index contributed by atoms with van der Waals surface area (Å²) < 4.78 is 0. The first-order valence-corrected chi connectivity index (χ1v) is 5.73. The highest BCUT2D eigenvalue weighted by molar-refractivity contribution is 5.95. The van der Waals surface area contributed by atoms with Crippen LogP contribution in [0.15, 0.2) is 24.3 Å². The van der Waals surface area contributed by atoms with Crippen molar-refractivity contribution in [1.82, 2.24) is 0 Å². The summed E-state index contributed by atoms with van der Waals surface area (Å²) in [6.07, 6.45) is 1.36. The smallest absolute Gasteiger partial charge is 0.122 e. The minimum absolute atomic E-state index is 0.130. The van der Waals surface area contributed by atoms with Crippen LogP contribution in [0, 0.1) is 17.2 Å². The van der Waals surface area contributed by atoms with Gasteiger partial charge in [0, 0.05) is 24.8 Å². The monoisotopic (exact) mass is 217 g/mol. The van der Waals surface area contributed by atoms with Crippen LogP contribution in [0.2, 0.25) is 0 Å². The van der Waals surface area contributed by atoms with Crippen LogP contribution in [-0.2, 0) is 0 Å². The second kappa shape index (κ2) is 4.16. The fraction of sp³-hybridized carbons (Fsp3) is 0.462. The first-order valence-electron chi connectivity index (χ1n) is 5.73. The van der Waals surface area contributed by atoms with Crippen molar-refractivity contribution in [1.29, 1.82) is 5.41 Å². The van der Waals surface area contributed by atoms with E-state index in [-0.39, 0.29) is 5.84 Å². The summed E-state index contributed by atoms with van der Waals surface area (Å²) in [5, 5.41) is 7.33. The molecule has 2 atom stereocenters. The maximum absolute atomic E-state index is 7.33. The van der Waals surface area contributed by atoms with E-state index in [2.05, 4.69) is 18.9 Å². The van der Waals surface area contributed by atoms with Crippen LogP contribution in [0.4, 0.5) is 5.69 Å². The molecule has 86 valence electrons. The molecule has 1 aromatic rings. The molecule has 3 heteroatoms. The minimum Gasteiger partial charge on any atom is -0.384 e. The summed E-state index contributed by atoms with van der Waals surface area (Å²) in [6.45, 7) is 3.43. The van der Waals surface area contributed by atoms with Gasteiger partial charge < -0.3 is 10.6 Å². The Hall–Kier alpha value is -1.51. The molecule has 1 aliphatic rings. The second-order valence-corrected chi connectivity index (χ2v) is 4.81. The van der Waals surface area contributed by atoms with E-state index in [0.29, 0.717) is 0 Å². The summed E-state index contributed by atoms with van der Waals surface area (Å²) in [5.74, 6) is 1.88. The molecule has 1 aromatic carbocycles. The number of nitrogens with two attached hydrogens (primary N) is 1. The highest BCUT2D eigenvalue weighted by Gasteiger charge is 2.33. The Bertz CT molecular complexity index is 383. The van der Waals surface area contributed by atoms with E-state index in [9.17, 15) is 0 Å². The van der Waals surface area contributed by atoms with Gasteiger partial charge in [0.25, 0.3) is 0 Å². The number of nitrogens with one attached hydrogen (secondary N) is 1. The Labute approximate surface area is 96.8 Å². The zero-order valence-electron chi connectivity index (χ0n) is 9.90. The molecule has 0 bridgehead atoms. The molecule has 2 unspecified atom stereocenters. The third-order valence-corrected chi connectivity index (χ3v) is 3.40. The molecule has 0 saturated heterocycles. The van der Waals surface area contributed by atoms with Gasteiger partial charge in [0.05, 0.1) is 0 Å². The number of nitrogen functional groups attached to an aromatic ring is 1. The van der Waals surface area contributed by atoms with Gasteiger partial charge in [0.2, 0.25) is 0 Å². The Kier molecular flexibility index (Phi) is 2.86. The zero-order chi connectivity index (χ0) is 11.7. The van der Waals surface area contributed by atoms with E-state index in [4.69, 9.17) is 11.1 Å². The Morgan fingerprint density at radius 1 is 1.44 bits per heavy atom. The van der Waals surface area contributed by atoms with Crippen molar-refractivity contribution in [2.45, 2.75) is 13.3 Å². The van der Waals surface area contributed by atoms with Crippen molar-refractivity contribution in [3.8, 4) is 0 Å². The van der Waals surface area contributed by atoms with E-state index >= 15 is 0 Å². The van der Waals surface area contributed by atoms with E-state index in [1.54, 1.807) is 0 Å². The Morgan fingerprint density at radius 2 is 2.00 bits per heavy atom. The maximum atomic E-state index is 7.33. The molecule has 2 rings (SSSR count). The molecule has 16 heavy (non-hydrogen) atoms. The quantitative estimate of drug-likeness (QED) is 0.599. The lowest BCUT2D eigenvalue weighted by atomic mass is 10.2. The molecule has 0 radical (unpaired) electrons. The SMILES string of the molecule is CC1CC1CN(C)c1ccc(C(=N)N)cc1. The van der Waals surface area contributed by atoms with Crippen LogP contribution in [-0.4, -0.2) is 19.4 Å². The number of rotatable bonds is 4. The standard InChI is InChI=1S/C13H19N3/c1-9-7-11(9)8-16(2)12-5-3-10(4-6-12)13(14)15/h3-6,9,11H,7-8H2,1-2H3,(H3,14,15). The molecule has 0 aromatic heterocycles. The number of nitrogens with zero attached hydrogens (tertiary/aromatic N) is 1. The summed E-state index contributed by atoms with van der Waals surface area (Å²) in [7, 11) is 2.12. The molecule has 0 heterocycles. The third kappa shape index (κ3) is 2.35. The molecule has 0 aliphatic heterocycles. The molecule has 3 N–H and O–H groups in total. The average Bonchev–Trinajstić information content (AvgIpc) is 2.94. The topological polar surface area (TPSA) is 53.1 Å². The van der Waals surface area contributed by atoms with Crippen molar-refractivity contribution in [3.63, 3.8) is 0 Å². The van der Waals surface area contributed by atoms with Gasteiger partial charge in [-0.3, -0.25) is 5.41 Å². The van der Waals surface area contributed by atoms with Crippen LogP contribution < -0.4 is 10.6 Å². The predicted molar refractivity (Wildman–Crippen MR) is 68.0 cm³/mol. The molecule has 1 aliphatic carbocycles. The minimum atomic E-state index is 0.130. The largest absolute Gasteiger partial charge is 0.384 e. The van der Waals surface area contributed by atoms with Crippen LogP contribution in [0.5, 0.6) is 0 Å². The Balaban J connectivity index is 2.00. The fourth-order valence-electron chi connectivity index (χ4n) is 2.01. The summed E-state index contributed by atoms with van der Waals surface area (Å²) in [4.78, 5) is 2.28. The summed E-state index contributed by atoms with van der Waals surface area (Å²) in [5.41, 5.74) is 7.41. The summed E-state index contributed by atoms with van der Waals surface area (Å²) in [6, 6.07) is 7.88. The van der Waals surface area contributed by atoms with Crippen LogP contribution in [0.1, 0.15) is 18.9 Å². The van der Waals surface area contributed by atoms with Gasteiger partial charge in [-0.15, -0.1) is 0 Å². The van der Waals surface area contributed by atoms with Gasteiger partial charge in [0.1, 0.15) is 5.84 Å². The van der Waals surface area contributed by atoms with Gasteiger partial charge in [-0.25, -0.2) is 0 Å². The molecule has 3 nitrogen and oxygen atoms in total. The van der Waals surface area contributed by atoms with Crippen LogP contribution in [0.25, 0.3) is 0 Å². The number of amidine groups is 1. The number of hydrogen-bond acceptors (Lipinski definition) is 2. The predicted octanol–water partition coefficient (Wildman–Crippen LogP) is 2.06. The maximum Gasteiger partial charge on any atom is 0.122 e. The van der Waals surface area contributed by atoms with Gasteiger partial charge in [-0.1, -0.05) is 6.92 Å². The lowest BCUT2D eigenvalue weighted by Crippen LogP contribution is -2.20. The van der Waals surface area contributed by atoms with Gasteiger partial charge in [0.15, 0.2) is 0 Å².